The molecule has 1 aliphatic rings. The Morgan fingerprint density at radius 3 is 2.56 bits per heavy atom. The summed E-state index contributed by atoms with van der Waals surface area (Å²) in [6.07, 6.45) is 7.68. The molecule has 2 aromatic carbocycles. The van der Waals surface area contributed by atoms with Gasteiger partial charge in [0.1, 0.15) is 5.75 Å². The van der Waals surface area contributed by atoms with Crippen LogP contribution in [0.25, 0.3) is 0 Å². The second-order valence-electron chi connectivity index (χ2n) is 7.44. The fourth-order valence-electron chi connectivity index (χ4n) is 3.49. The van der Waals surface area contributed by atoms with E-state index < -0.39 is 5.97 Å². The standard InChI is InChI=1S/C24H29N3O4S/c1-3-30-20-12-10-18(11-13-20)23(28)31-21-14-9-17(15-22(21)29-2)16-25-27-24(32)26-19-7-5-4-6-8-19/h9-16,19H,3-8H2,1-2H3,(H2,26,27,32)/b25-16-. The third-order valence-corrected chi connectivity index (χ3v) is 5.32. The van der Waals surface area contributed by atoms with Crippen LogP contribution in [-0.4, -0.2) is 37.1 Å². The number of carbonyl (C=O) groups is 1. The van der Waals surface area contributed by atoms with Gasteiger partial charge in [0, 0.05) is 6.04 Å². The van der Waals surface area contributed by atoms with E-state index in [0.29, 0.717) is 40.6 Å². The van der Waals surface area contributed by atoms with Gasteiger partial charge in [-0.25, -0.2) is 4.79 Å². The molecular formula is C24H29N3O4S. The Hall–Kier alpha value is -3.13. The second kappa shape index (κ2) is 12.0. The monoisotopic (exact) mass is 455 g/mol. The maximum absolute atomic E-state index is 12.5. The van der Waals surface area contributed by atoms with Gasteiger partial charge >= 0.3 is 5.97 Å². The minimum Gasteiger partial charge on any atom is -0.494 e. The number of nitrogens with one attached hydrogen (secondary N) is 2. The van der Waals surface area contributed by atoms with Crippen molar-refractivity contribution < 1.29 is 19.0 Å². The van der Waals surface area contributed by atoms with Crippen LogP contribution in [0.1, 0.15) is 54.9 Å². The van der Waals surface area contributed by atoms with Crippen LogP contribution in [-0.2, 0) is 0 Å². The highest BCUT2D eigenvalue weighted by Crippen LogP contribution is 2.28. The lowest BCUT2D eigenvalue weighted by Gasteiger charge is -2.23. The van der Waals surface area contributed by atoms with Crippen molar-refractivity contribution in [2.45, 2.75) is 45.1 Å². The summed E-state index contributed by atoms with van der Waals surface area (Å²) in [5.41, 5.74) is 4.05. The van der Waals surface area contributed by atoms with Crippen LogP contribution in [0.4, 0.5) is 0 Å². The van der Waals surface area contributed by atoms with E-state index in [2.05, 4.69) is 15.8 Å². The first kappa shape index (κ1) is 23.5. The number of rotatable bonds is 8. The lowest BCUT2D eigenvalue weighted by atomic mass is 9.96. The Bertz CT molecular complexity index is 941. The molecule has 0 aliphatic heterocycles. The van der Waals surface area contributed by atoms with E-state index in [4.69, 9.17) is 26.4 Å². The highest BCUT2D eigenvalue weighted by molar-refractivity contribution is 7.80. The van der Waals surface area contributed by atoms with Gasteiger partial charge in [-0.05, 0) is 80.0 Å². The lowest BCUT2D eigenvalue weighted by Crippen LogP contribution is -2.40. The van der Waals surface area contributed by atoms with E-state index in [9.17, 15) is 4.79 Å². The van der Waals surface area contributed by atoms with Crippen molar-refractivity contribution in [3.63, 3.8) is 0 Å². The smallest absolute Gasteiger partial charge is 0.343 e. The van der Waals surface area contributed by atoms with Crippen molar-refractivity contribution >= 4 is 29.5 Å². The molecule has 0 bridgehead atoms. The molecule has 1 aliphatic carbocycles. The first-order chi connectivity index (χ1) is 15.6. The zero-order valence-corrected chi connectivity index (χ0v) is 19.2. The number of esters is 1. The van der Waals surface area contributed by atoms with E-state index in [1.807, 2.05) is 6.92 Å². The molecule has 0 amide bonds. The Balaban J connectivity index is 1.56. The molecule has 0 heterocycles. The number of benzene rings is 2. The van der Waals surface area contributed by atoms with Gasteiger partial charge in [-0.15, -0.1) is 0 Å². The minimum atomic E-state index is -0.478. The predicted molar refractivity (Wildman–Crippen MR) is 129 cm³/mol. The quantitative estimate of drug-likeness (QED) is 0.200. The average Bonchev–Trinajstić information content (AvgIpc) is 2.81. The van der Waals surface area contributed by atoms with E-state index in [0.717, 1.165) is 18.4 Å². The second-order valence-corrected chi connectivity index (χ2v) is 7.84. The molecule has 7 nitrogen and oxygen atoms in total. The van der Waals surface area contributed by atoms with Crippen LogP contribution in [0.15, 0.2) is 47.6 Å². The zero-order chi connectivity index (χ0) is 22.8. The van der Waals surface area contributed by atoms with E-state index in [1.165, 1.54) is 26.4 Å². The predicted octanol–water partition coefficient (Wildman–Crippen LogP) is 4.44. The molecule has 0 spiro atoms. The number of methoxy groups -OCH3 is 1. The van der Waals surface area contributed by atoms with Gasteiger partial charge < -0.3 is 19.5 Å². The summed E-state index contributed by atoms with van der Waals surface area (Å²) in [5.74, 6) is 0.975. The minimum absolute atomic E-state index is 0.325. The Kier molecular flexibility index (Phi) is 8.86. The lowest BCUT2D eigenvalue weighted by molar-refractivity contribution is 0.0729. The Morgan fingerprint density at radius 2 is 1.88 bits per heavy atom. The van der Waals surface area contributed by atoms with E-state index in [-0.39, 0.29) is 0 Å². The van der Waals surface area contributed by atoms with Crippen LogP contribution < -0.4 is 25.0 Å². The molecule has 0 aromatic heterocycles. The molecule has 8 heteroatoms. The molecular weight excluding hydrogens is 426 g/mol. The van der Waals surface area contributed by atoms with Gasteiger partial charge in [-0.3, -0.25) is 5.43 Å². The molecule has 1 fully saturated rings. The molecule has 0 saturated heterocycles. The van der Waals surface area contributed by atoms with E-state index in [1.54, 1.807) is 48.7 Å². The molecule has 32 heavy (non-hydrogen) atoms. The third kappa shape index (κ3) is 6.95. The molecule has 0 radical (unpaired) electrons. The van der Waals surface area contributed by atoms with E-state index >= 15 is 0 Å². The topological polar surface area (TPSA) is 81.2 Å². The van der Waals surface area contributed by atoms with Gasteiger partial charge in [-0.2, -0.15) is 5.10 Å². The number of carbonyl (C=O) groups excluding carboxylic acids is 1. The number of hydrogen-bond donors (Lipinski definition) is 2. The molecule has 1 saturated carbocycles. The van der Waals surface area contributed by atoms with Crippen molar-refractivity contribution in [2.75, 3.05) is 13.7 Å². The van der Waals surface area contributed by atoms with Gasteiger partial charge in [-0.1, -0.05) is 19.3 Å². The van der Waals surface area contributed by atoms with Gasteiger partial charge in [0.05, 0.1) is 25.5 Å². The molecule has 0 unspecified atom stereocenters. The first-order valence-corrected chi connectivity index (χ1v) is 11.2. The summed E-state index contributed by atoms with van der Waals surface area (Å²) in [6, 6.07) is 12.4. The highest BCUT2D eigenvalue weighted by Gasteiger charge is 2.14. The average molecular weight is 456 g/mol. The molecule has 170 valence electrons. The normalized spacial score (nSPS) is 14.1. The van der Waals surface area contributed by atoms with Crippen molar-refractivity contribution in [2.24, 2.45) is 5.10 Å². The molecule has 3 rings (SSSR count). The Morgan fingerprint density at radius 1 is 1.12 bits per heavy atom. The number of hydrogen-bond acceptors (Lipinski definition) is 6. The number of ether oxygens (including phenoxy) is 3. The summed E-state index contributed by atoms with van der Waals surface area (Å²) in [5, 5.41) is 8.01. The summed E-state index contributed by atoms with van der Waals surface area (Å²) >= 11 is 5.31. The highest BCUT2D eigenvalue weighted by atomic mass is 32.1. The molecule has 0 atom stereocenters. The fourth-order valence-corrected chi connectivity index (χ4v) is 3.71. The van der Waals surface area contributed by atoms with Crippen LogP contribution in [0.2, 0.25) is 0 Å². The summed E-state index contributed by atoms with van der Waals surface area (Å²) < 4.78 is 16.3. The largest absolute Gasteiger partial charge is 0.494 e. The molecule has 2 aromatic rings. The maximum atomic E-state index is 12.5. The van der Waals surface area contributed by atoms with Gasteiger partial charge in [0.15, 0.2) is 16.6 Å². The number of nitrogens with zero attached hydrogens (tertiary/aromatic N) is 1. The Labute approximate surface area is 194 Å². The van der Waals surface area contributed by atoms with Crippen molar-refractivity contribution in [1.82, 2.24) is 10.7 Å². The fraction of sp³-hybridized carbons (Fsp3) is 0.375. The van der Waals surface area contributed by atoms with Crippen molar-refractivity contribution in [3.8, 4) is 17.2 Å². The van der Waals surface area contributed by atoms with Crippen LogP contribution in [0.3, 0.4) is 0 Å². The van der Waals surface area contributed by atoms with Crippen molar-refractivity contribution in [3.05, 3.63) is 53.6 Å². The summed E-state index contributed by atoms with van der Waals surface area (Å²) in [7, 11) is 1.52. The first-order valence-electron chi connectivity index (χ1n) is 10.8. The molecule has 2 N–H and O–H groups in total. The van der Waals surface area contributed by atoms with Crippen LogP contribution in [0, 0.1) is 0 Å². The maximum Gasteiger partial charge on any atom is 0.343 e. The van der Waals surface area contributed by atoms with Crippen LogP contribution >= 0.6 is 12.2 Å². The third-order valence-electron chi connectivity index (χ3n) is 5.11. The number of thiocarbonyl (C=S) groups is 1. The zero-order valence-electron chi connectivity index (χ0n) is 18.4. The SMILES string of the molecule is CCOc1ccc(C(=O)Oc2ccc(/C=N\NC(=S)NC3CCCCC3)cc2OC)cc1. The summed E-state index contributed by atoms with van der Waals surface area (Å²) in [6.45, 7) is 2.47. The van der Waals surface area contributed by atoms with Gasteiger partial charge in [0.2, 0.25) is 0 Å². The van der Waals surface area contributed by atoms with Crippen LogP contribution in [0.5, 0.6) is 17.2 Å². The summed E-state index contributed by atoms with van der Waals surface area (Å²) in [4.78, 5) is 12.5. The number of hydrazone groups is 1. The van der Waals surface area contributed by atoms with Gasteiger partial charge in [0.25, 0.3) is 0 Å². The van der Waals surface area contributed by atoms with Crippen molar-refractivity contribution in [1.29, 1.82) is 0 Å².